The predicted molar refractivity (Wildman–Crippen MR) is 53.3 cm³/mol. The summed E-state index contributed by atoms with van der Waals surface area (Å²) in [4.78, 5) is 8.91. The molecular formula is C7H6ClN3O2S. The van der Waals surface area contributed by atoms with Crippen molar-refractivity contribution in [2.75, 3.05) is 14.2 Å². The fraction of sp³-hybridized carbons (Fsp3) is 0.286. The van der Waals surface area contributed by atoms with Crippen molar-refractivity contribution in [3.63, 3.8) is 0 Å². The zero-order chi connectivity index (χ0) is 10.1. The van der Waals surface area contributed by atoms with E-state index in [2.05, 4.69) is 14.3 Å². The number of rotatable bonds is 2. The summed E-state index contributed by atoms with van der Waals surface area (Å²) in [5, 5.41) is 0.332. The number of hydrogen-bond donors (Lipinski definition) is 0. The van der Waals surface area contributed by atoms with E-state index in [0.717, 1.165) is 0 Å². The van der Waals surface area contributed by atoms with Crippen molar-refractivity contribution in [3.8, 4) is 11.8 Å². The maximum atomic E-state index is 5.80. The molecule has 0 fully saturated rings. The molecule has 2 aromatic rings. The van der Waals surface area contributed by atoms with Crippen molar-refractivity contribution in [2.45, 2.75) is 0 Å². The highest BCUT2D eigenvalue weighted by Gasteiger charge is 2.14. The van der Waals surface area contributed by atoms with Gasteiger partial charge in [0.15, 0.2) is 9.98 Å². The van der Waals surface area contributed by atoms with Gasteiger partial charge in [-0.3, -0.25) is 0 Å². The van der Waals surface area contributed by atoms with Gasteiger partial charge in [-0.1, -0.05) is 11.6 Å². The van der Waals surface area contributed by atoms with Crippen LogP contribution in [0.1, 0.15) is 0 Å². The van der Waals surface area contributed by atoms with Crippen LogP contribution in [-0.2, 0) is 0 Å². The van der Waals surface area contributed by atoms with Crippen LogP contribution in [0.3, 0.4) is 0 Å². The van der Waals surface area contributed by atoms with Crippen LogP contribution in [0.2, 0.25) is 5.15 Å². The standard InChI is InChI=1S/C7H6ClN3O2S/c1-12-5-6(13-2)10-7-3(9-5)4(8)11-14-7/h1-2H3. The molecule has 2 aromatic heterocycles. The maximum absolute atomic E-state index is 5.80. The summed E-state index contributed by atoms with van der Waals surface area (Å²) < 4.78 is 13.9. The van der Waals surface area contributed by atoms with Gasteiger partial charge in [0.2, 0.25) is 0 Å². The lowest BCUT2D eigenvalue weighted by Crippen LogP contribution is -1.95. The topological polar surface area (TPSA) is 57.1 Å². The zero-order valence-corrected chi connectivity index (χ0v) is 9.02. The Balaban J connectivity index is 2.71. The van der Waals surface area contributed by atoms with Gasteiger partial charge in [-0.05, 0) is 11.5 Å². The number of hydrogen-bond acceptors (Lipinski definition) is 6. The monoisotopic (exact) mass is 231 g/mol. The van der Waals surface area contributed by atoms with Crippen LogP contribution >= 0.6 is 23.1 Å². The Hall–Kier alpha value is -1.14. The van der Waals surface area contributed by atoms with Gasteiger partial charge in [0, 0.05) is 0 Å². The van der Waals surface area contributed by atoms with Crippen molar-refractivity contribution >= 4 is 33.5 Å². The third-order valence-corrected chi connectivity index (χ3v) is 2.69. The molecule has 2 heterocycles. The summed E-state index contributed by atoms with van der Waals surface area (Å²) in [5.41, 5.74) is 0.536. The van der Waals surface area contributed by atoms with Crippen LogP contribution in [0.15, 0.2) is 0 Å². The maximum Gasteiger partial charge on any atom is 0.279 e. The molecule has 0 bridgehead atoms. The van der Waals surface area contributed by atoms with E-state index >= 15 is 0 Å². The molecule has 0 atom stereocenters. The number of halogens is 1. The highest BCUT2D eigenvalue weighted by atomic mass is 35.5. The average molecular weight is 232 g/mol. The minimum atomic E-state index is 0.308. The van der Waals surface area contributed by atoms with Gasteiger partial charge in [0.05, 0.1) is 14.2 Å². The summed E-state index contributed by atoms with van der Waals surface area (Å²) >= 11 is 6.97. The molecular weight excluding hydrogens is 226 g/mol. The van der Waals surface area contributed by atoms with E-state index in [0.29, 0.717) is 27.3 Å². The Kier molecular flexibility index (Phi) is 2.39. The second kappa shape index (κ2) is 3.55. The van der Waals surface area contributed by atoms with E-state index in [1.165, 1.54) is 25.8 Å². The number of nitrogens with zero attached hydrogens (tertiary/aromatic N) is 3. The summed E-state index contributed by atoms with van der Waals surface area (Å²) in [6.45, 7) is 0. The molecule has 0 spiro atoms. The second-order valence-electron chi connectivity index (χ2n) is 2.37. The van der Waals surface area contributed by atoms with Crippen LogP contribution in [0.25, 0.3) is 10.3 Å². The Morgan fingerprint density at radius 1 is 1.14 bits per heavy atom. The molecule has 5 nitrogen and oxygen atoms in total. The van der Waals surface area contributed by atoms with E-state index in [9.17, 15) is 0 Å². The van der Waals surface area contributed by atoms with Gasteiger partial charge in [0.25, 0.3) is 11.8 Å². The van der Waals surface area contributed by atoms with Crippen LogP contribution in [0, 0.1) is 0 Å². The lowest BCUT2D eigenvalue weighted by atomic mass is 10.5. The van der Waals surface area contributed by atoms with Crippen molar-refractivity contribution in [2.24, 2.45) is 0 Å². The molecule has 0 aliphatic heterocycles. The van der Waals surface area contributed by atoms with Gasteiger partial charge >= 0.3 is 0 Å². The lowest BCUT2D eigenvalue weighted by molar-refractivity contribution is 0.334. The average Bonchev–Trinajstić information content (AvgIpc) is 2.58. The third-order valence-electron chi connectivity index (χ3n) is 1.60. The van der Waals surface area contributed by atoms with Crippen LogP contribution < -0.4 is 9.47 Å². The number of ether oxygens (including phenoxy) is 2. The fourth-order valence-corrected chi connectivity index (χ4v) is 1.88. The van der Waals surface area contributed by atoms with E-state index in [4.69, 9.17) is 21.1 Å². The smallest absolute Gasteiger partial charge is 0.279 e. The quantitative estimate of drug-likeness (QED) is 0.788. The normalized spacial score (nSPS) is 10.5. The molecule has 0 aliphatic rings. The fourth-order valence-electron chi connectivity index (χ4n) is 0.981. The SMILES string of the molecule is COc1nc2snc(Cl)c2nc1OC. The van der Waals surface area contributed by atoms with Gasteiger partial charge in [-0.2, -0.15) is 9.36 Å². The molecule has 0 amide bonds. The van der Waals surface area contributed by atoms with Crippen molar-refractivity contribution in [3.05, 3.63) is 5.15 Å². The molecule has 0 aliphatic carbocycles. The summed E-state index contributed by atoms with van der Waals surface area (Å²) in [7, 11) is 2.99. The predicted octanol–water partition coefficient (Wildman–Crippen LogP) is 1.76. The molecule has 2 rings (SSSR count). The van der Waals surface area contributed by atoms with Crippen molar-refractivity contribution in [1.82, 2.24) is 14.3 Å². The first-order valence-corrected chi connectivity index (χ1v) is 4.82. The number of aromatic nitrogens is 3. The summed E-state index contributed by atoms with van der Waals surface area (Å²) in [6, 6.07) is 0. The molecule has 0 aromatic carbocycles. The van der Waals surface area contributed by atoms with Crippen molar-refractivity contribution in [1.29, 1.82) is 0 Å². The molecule has 0 N–H and O–H groups in total. The highest BCUT2D eigenvalue weighted by Crippen LogP contribution is 2.30. The minimum absolute atomic E-state index is 0.308. The summed E-state index contributed by atoms with van der Waals surface area (Å²) in [6.07, 6.45) is 0. The first-order chi connectivity index (χ1) is 6.76. The largest absolute Gasteiger partial charge is 0.477 e. The molecule has 0 radical (unpaired) electrons. The Bertz CT molecular complexity index is 473. The Morgan fingerprint density at radius 3 is 2.43 bits per heavy atom. The van der Waals surface area contributed by atoms with Gasteiger partial charge in [-0.25, -0.2) is 4.98 Å². The van der Waals surface area contributed by atoms with Gasteiger partial charge in [-0.15, -0.1) is 0 Å². The van der Waals surface area contributed by atoms with Gasteiger partial charge < -0.3 is 9.47 Å². The van der Waals surface area contributed by atoms with E-state index in [1.807, 2.05) is 0 Å². The second-order valence-corrected chi connectivity index (χ2v) is 3.48. The molecule has 74 valence electrons. The number of fused-ring (bicyclic) bond motifs is 1. The molecule has 14 heavy (non-hydrogen) atoms. The highest BCUT2D eigenvalue weighted by molar-refractivity contribution is 7.13. The molecule has 0 saturated carbocycles. The van der Waals surface area contributed by atoms with Crippen molar-refractivity contribution < 1.29 is 9.47 Å². The Morgan fingerprint density at radius 2 is 1.79 bits per heavy atom. The lowest BCUT2D eigenvalue weighted by Gasteiger charge is -2.03. The first-order valence-electron chi connectivity index (χ1n) is 3.67. The van der Waals surface area contributed by atoms with Crippen LogP contribution in [0.4, 0.5) is 0 Å². The van der Waals surface area contributed by atoms with Crippen LogP contribution in [0.5, 0.6) is 11.8 Å². The van der Waals surface area contributed by atoms with E-state index in [1.54, 1.807) is 0 Å². The first kappa shape index (κ1) is 9.42. The Labute approximate surface area is 88.8 Å². The van der Waals surface area contributed by atoms with Crippen LogP contribution in [-0.4, -0.2) is 28.6 Å². The van der Waals surface area contributed by atoms with Gasteiger partial charge in [0.1, 0.15) is 5.52 Å². The van der Waals surface area contributed by atoms with E-state index in [-0.39, 0.29) is 0 Å². The molecule has 7 heteroatoms. The van der Waals surface area contributed by atoms with E-state index < -0.39 is 0 Å². The minimum Gasteiger partial charge on any atom is -0.477 e. The number of methoxy groups -OCH3 is 2. The molecule has 0 saturated heterocycles. The zero-order valence-electron chi connectivity index (χ0n) is 7.44. The molecule has 0 unspecified atom stereocenters. The third kappa shape index (κ3) is 1.36. The summed E-state index contributed by atoms with van der Waals surface area (Å²) in [5.74, 6) is 0.641.